The first kappa shape index (κ1) is 10.2. The number of hydrogen-bond donors (Lipinski definition) is 2. The zero-order chi connectivity index (χ0) is 10.7. The summed E-state index contributed by atoms with van der Waals surface area (Å²) in [5, 5.41) is 8.65. The van der Waals surface area contributed by atoms with Gasteiger partial charge in [0, 0.05) is 12.1 Å². The Morgan fingerprint density at radius 3 is 3.00 bits per heavy atom. The van der Waals surface area contributed by atoms with Gasteiger partial charge in [0.05, 0.1) is 7.11 Å². The normalized spacial score (nSPS) is 14.4. The highest BCUT2D eigenvalue weighted by atomic mass is 16.5. The van der Waals surface area contributed by atoms with Gasteiger partial charge in [-0.05, 0) is 24.5 Å². The minimum Gasteiger partial charge on any atom is -0.496 e. The van der Waals surface area contributed by atoms with Crippen LogP contribution in [0.4, 0.5) is 0 Å². The molecule has 0 amide bonds. The SMILES string of the molecule is COc1cccc2c1CCC(CNO)=C2. The summed E-state index contributed by atoms with van der Waals surface area (Å²) in [6, 6.07) is 6.06. The minimum absolute atomic E-state index is 0.538. The molecule has 1 aromatic rings. The molecule has 1 aliphatic carbocycles. The third-order valence-corrected chi connectivity index (χ3v) is 2.75. The molecule has 0 bridgehead atoms. The number of hydroxylamine groups is 1. The maximum Gasteiger partial charge on any atom is 0.122 e. The van der Waals surface area contributed by atoms with E-state index in [4.69, 9.17) is 9.94 Å². The molecule has 0 heterocycles. The van der Waals surface area contributed by atoms with E-state index in [2.05, 4.69) is 17.6 Å². The second-order valence-corrected chi connectivity index (χ2v) is 3.67. The lowest BCUT2D eigenvalue weighted by Crippen LogP contribution is -2.14. The number of hydrogen-bond acceptors (Lipinski definition) is 3. The molecule has 0 aromatic heterocycles. The Hall–Kier alpha value is -1.32. The van der Waals surface area contributed by atoms with Crippen LogP contribution in [0.25, 0.3) is 6.08 Å². The first-order valence-electron chi connectivity index (χ1n) is 5.07. The van der Waals surface area contributed by atoms with Crippen molar-refractivity contribution in [1.82, 2.24) is 5.48 Å². The number of rotatable bonds is 3. The van der Waals surface area contributed by atoms with Crippen LogP contribution < -0.4 is 10.2 Å². The van der Waals surface area contributed by atoms with Gasteiger partial charge in [-0.1, -0.05) is 23.8 Å². The highest BCUT2D eigenvalue weighted by molar-refractivity contribution is 5.63. The van der Waals surface area contributed by atoms with Crippen LogP contribution in [0.5, 0.6) is 5.75 Å². The van der Waals surface area contributed by atoms with E-state index < -0.39 is 0 Å². The summed E-state index contributed by atoms with van der Waals surface area (Å²) in [5.74, 6) is 0.958. The fourth-order valence-corrected chi connectivity index (χ4v) is 2.00. The average Bonchev–Trinajstić information content (AvgIpc) is 2.28. The summed E-state index contributed by atoms with van der Waals surface area (Å²) < 4.78 is 5.31. The van der Waals surface area contributed by atoms with Crippen molar-refractivity contribution >= 4 is 6.08 Å². The Balaban J connectivity index is 2.34. The van der Waals surface area contributed by atoms with Gasteiger partial charge in [0.15, 0.2) is 0 Å². The molecule has 0 saturated carbocycles. The van der Waals surface area contributed by atoms with Crippen molar-refractivity contribution in [3.05, 3.63) is 34.9 Å². The molecule has 2 N–H and O–H groups in total. The van der Waals surface area contributed by atoms with Gasteiger partial charge >= 0.3 is 0 Å². The minimum atomic E-state index is 0.538. The molecular weight excluding hydrogens is 190 g/mol. The van der Waals surface area contributed by atoms with Crippen LogP contribution in [0.2, 0.25) is 0 Å². The van der Waals surface area contributed by atoms with Gasteiger partial charge in [0.2, 0.25) is 0 Å². The summed E-state index contributed by atoms with van der Waals surface area (Å²) in [4.78, 5) is 0. The third-order valence-electron chi connectivity index (χ3n) is 2.75. The summed E-state index contributed by atoms with van der Waals surface area (Å²) in [5.41, 5.74) is 5.88. The van der Waals surface area contributed by atoms with Crippen molar-refractivity contribution in [2.24, 2.45) is 0 Å². The largest absolute Gasteiger partial charge is 0.496 e. The molecule has 80 valence electrons. The quantitative estimate of drug-likeness (QED) is 0.742. The number of benzene rings is 1. The molecule has 1 aliphatic rings. The lowest BCUT2D eigenvalue weighted by Gasteiger charge is -2.18. The molecule has 0 radical (unpaired) electrons. The Morgan fingerprint density at radius 1 is 1.40 bits per heavy atom. The van der Waals surface area contributed by atoms with Crippen molar-refractivity contribution in [2.45, 2.75) is 12.8 Å². The molecule has 0 fully saturated rings. The molecule has 1 aromatic carbocycles. The van der Waals surface area contributed by atoms with Gasteiger partial charge < -0.3 is 9.94 Å². The Kier molecular flexibility index (Phi) is 3.04. The summed E-state index contributed by atoms with van der Waals surface area (Å²) >= 11 is 0. The number of methoxy groups -OCH3 is 1. The molecule has 15 heavy (non-hydrogen) atoms. The van der Waals surface area contributed by atoms with Crippen molar-refractivity contribution in [2.75, 3.05) is 13.7 Å². The van der Waals surface area contributed by atoms with Crippen molar-refractivity contribution in [1.29, 1.82) is 0 Å². The number of fused-ring (bicyclic) bond motifs is 1. The Bertz CT molecular complexity index is 385. The standard InChI is InChI=1S/C12H15NO2/c1-15-12-4-2-3-10-7-9(8-13-14)5-6-11(10)12/h2-4,7,13-14H,5-6,8H2,1H3. The summed E-state index contributed by atoms with van der Waals surface area (Å²) in [6.07, 6.45) is 4.07. The van der Waals surface area contributed by atoms with Gasteiger partial charge in [0.1, 0.15) is 5.75 Å². The molecular formula is C12H15NO2. The van der Waals surface area contributed by atoms with E-state index in [1.807, 2.05) is 12.1 Å². The summed E-state index contributed by atoms with van der Waals surface area (Å²) in [6.45, 7) is 0.538. The second-order valence-electron chi connectivity index (χ2n) is 3.67. The van der Waals surface area contributed by atoms with Crippen molar-refractivity contribution < 1.29 is 9.94 Å². The van der Waals surface area contributed by atoms with Gasteiger partial charge in [0.25, 0.3) is 0 Å². The van der Waals surface area contributed by atoms with Crippen molar-refractivity contribution in [3.8, 4) is 5.75 Å². The molecule has 0 aliphatic heterocycles. The van der Waals surface area contributed by atoms with E-state index in [1.54, 1.807) is 7.11 Å². The van der Waals surface area contributed by atoms with Gasteiger partial charge in [-0.15, -0.1) is 0 Å². The lowest BCUT2D eigenvalue weighted by molar-refractivity contribution is 0.176. The smallest absolute Gasteiger partial charge is 0.122 e. The van der Waals surface area contributed by atoms with E-state index in [-0.39, 0.29) is 0 Å². The van der Waals surface area contributed by atoms with Crippen LogP contribution >= 0.6 is 0 Å². The van der Waals surface area contributed by atoms with Crippen LogP contribution in [-0.4, -0.2) is 18.9 Å². The van der Waals surface area contributed by atoms with Crippen LogP contribution in [-0.2, 0) is 6.42 Å². The van der Waals surface area contributed by atoms with E-state index in [0.29, 0.717) is 6.54 Å². The molecule has 0 unspecified atom stereocenters. The Morgan fingerprint density at radius 2 is 2.27 bits per heavy atom. The Labute approximate surface area is 89.3 Å². The van der Waals surface area contributed by atoms with Gasteiger partial charge in [-0.2, -0.15) is 0 Å². The topological polar surface area (TPSA) is 41.5 Å². The predicted molar refractivity (Wildman–Crippen MR) is 59.1 cm³/mol. The van der Waals surface area contributed by atoms with Crippen LogP contribution in [0.1, 0.15) is 17.5 Å². The zero-order valence-corrected chi connectivity index (χ0v) is 8.79. The fourth-order valence-electron chi connectivity index (χ4n) is 2.00. The number of nitrogens with one attached hydrogen (secondary N) is 1. The van der Waals surface area contributed by atoms with E-state index in [9.17, 15) is 0 Å². The van der Waals surface area contributed by atoms with Gasteiger partial charge in [-0.3, -0.25) is 0 Å². The van der Waals surface area contributed by atoms with E-state index >= 15 is 0 Å². The van der Waals surface area contributed by atoms with Gasteiger partial charge in [-0.25, -0.2) is 5.48 Å². The van der Waals surface area contributed by atoms with Crippen molar-refractivity contribution in [3.63, 3.8) is 0 Å². The fraction of sp³-hybridized carbons (Fsp3) is 0.333. The molecule has 3 nitrogen and oxygen atoms in total. The molecule has 0 atom stereocenters. The molecule has 2 rings (SSSR count). The van der Waals surface area contributed by atoms with Crippen LogP contribution in [0, 0.1) is 0 Å². The molecule has 0 saturated heterocycles. The molecule has 0 spiro atoms. The second kappa shape index (κ2) is 4.47. The van der Waals surface area contributed by atoms with E-state index in [0.717, 1.165) is 18.6 Å². The lowest BCUT2D eigenvalue weighted by atomic mass is 9.91. The van der Waals surface area contributed by atoms with Crippen LogP contribution in [0.3, 0.4) is 0 Å². The first-order valence-corrected chi connectivity index (χ1v) is 5.07. The maximum absolute atomic E-state index is 8.65. The highest BCUT2D eigenvalue weighted by Crippen LogP contribution is 2.30. The van der Waals surface area contributed by atoms with E-state index in [1.165, 1.54) is 16.7 Å². The molecule has 3 heteroatoms. The number of ether oxygens (including phenoxy) is 1. The first-order chi connectivity index (χ1) is 7.35. The maximum atomic E-state index is 8.65. The highest BCUT2D eigenvalue weighted by Gasteiger charge is 2.13. The zero-order valence-electron chi connectivity index (χ0n) is 8.79. The predicted octanol–water partition coefficient (Wildman–Crippen LogP) is 2.00. The monoisotopic (exact) mass is 205 g/mol. The average molecular weight is 205 g/mol. The summed E-state index contributed by atoms with van der Waals surface area (Å²) in [7, 11) is 1.70. The third kappa shape index (κ3) is 2.03. The van der Waals surface area contributed by atoms with Crippen LogP contribution in [0.15, 0.2) is 23.8 Å².